The topological polar surface area (TPSA) is 18.5 Å². The van der Waals surface area contributed by atoms with Crippen LogP contribution < -0.4 is 0 Å². The minimum atomic E-state index is -0.0764. The highest BCUT2D eigenvalue weighted by Gasteiger charge is 2.37. The van der Waals surface area contributed by atoms with E-state index in [4.69, 9.17) is 9.47 Å². The van der Waals surface area contributed by atoms with Crippen LogP contribution in [-0.2, 0) is 9.47 Å². The standard InChI is InChI=1S/C13H28NO2/c1-5-9-14(10-7-8-11-14)12(3)16-13(4)15-6-2/h12-13H,5-11H2,1-4H3/q+1. The van der Waals surface area contributed by atoms with Crippen molar-refractivity contribution in [2.24, 2.45) is 0 Å². The van der Waals surface area contributed by atoms with Gasteiger partial charge < -0.3 is 9.47 Å². The van der Waals surface area contributed by atoms with Gasteiger partial charge in [-0.1, -0.05) is 6.92 Å². The smallest absolute Gasteiger partial charge is 0.193 e. The molecule has 1 saturated heterocycles. The molecule has 0 N–H and O–H groups in total. The Kier molecular flexibility index (Phi) is 5.73. The molecule has 1 aliphatic rings. The van der Waals surface area contributed by atoms with Gasteiger partial charge in [0.2, 0.25) is 0 Å². The summed E-state index contributed by atoms with van der Waals surface area (Å²) in [5, 5.41) is 0. The van der Waals surface area contributed by atoms with Crippen LogP contribution in [0.25, 0.3) is 0 Å². The molecule has 1 rings (SSSR count). The van der Waals surface area contributed by atoms with Gasteiger partial charge in [-0.15, -0.1) is 0 Å². The van der Waals surface area contributed by atoms with Crippen LogP contribution in [0, 0.1) is 0 Å². The molecule has 0 bridgehead atoms. The lowest BCUT2D eigenvalue weighted by Crippen LogP contribution is -2.54. The van der Waals surface area contributed by atoms with Crippen LogP contribution in [0.15, 0.2) is 0 Å². The molecule has 3 nitrogen and oxygen atoms in total. The molecule has 2 atom stereocenters. The minimum Gasteiger partial charge on any atom is -0.353 e. The van der Waals surface area contributed by atoms with E-state index in [1.54, 1.807) is 0 Å². The van der Waals surface area contributed by atoms with Crippen molar-refractivity contribution in [2.45, 2.75) is 59.5 Å². The van der Waals surface area contributed by atoms with Gasteiger partial charge in [0.05, 0.1) is 19.6 Å². The van der Waals surface area contributed by atoms with Gasteiger partial charge in [0, 0.05) is 26.4 Å². The summed E-state index contributed by atoms with van der Waals surface area (Å²) in [6.07, 6.45) is 4.11. The molecule has 16 heavy (non-hydrogen) atoms. The summed E-state index contributed by atoms with van der Waals surface area (Å²) in [6.45, 7) is 13.0. The van der Waals surface area contributed by atoms with Gasteiger partial charge in [0.15, 0.2) is 12.5 Å². The van der Waals surface area contributed by atoms with Gasteiger partial charge in [0.1, 0.15) is 0 Å². The lowest BCUT2D eigenvalue weighted by Gasteiger charge is -2.40. The zero-order valence-corrected chi connectivity index (χ0v) is 11.4. The first-order chi connectivity index (χ1) is 7.64. The molecular formula is C13H28NO2+. The highest BCUT2D eigenvalue weighted by molar-refractivity contribution is 4.56. The fourth-order valence-corrected chi connectivity index (χ4v) is 2.86. The van der Waals surface area contributed by atoms with Crippen LogP contribution in [0.4, 0.5) is 0 Å². The maximum absolute atomic E-state index is 5.98. The van der Waals surface area contributed by atoms with Gasteiger partial charge in [-0.3, -0.25) is 4.48 Å². The highest BCUT2D eigenvalue weighted by atomic mass is 16.7. The van der Waals surface area contributed by atoms with E-state index in [1.165, 1.54) is 38.9 Å². The summed E-state index contributed by atoms with van der Waals surface area (Å²) in [7, 11) is 0. The van der Waals surface area contributed by atoms with Crippen LogP contribution >= 0.6 is 0 Å². The van der Waals surface area contributed by atoms with Crippen molar-refractivity contribution in [3.05, 3.63) is 0 Å². The molecule has 0 radical (unpaired) electrons. The fraction of sp³-hybridized carbons (Fsp3) is 1.00. The lowest BCUT2D eigenvalue weighted by molar-refractivity contribution is -0.961. The first-order valence-corrected chi connectivity index (χ1v) is 6.77. The number of ether oxygens (including phenoxy) is 2. The summed E-state index contributed by atoms with van der Waals surface area (Å²) in [5.41, 5.74) is 0. The SMILES string of the molecule is CCC[N+]1(C(C)OC(C)OCC)CCCC1. The molecule has 1 heterocycles. The molecule has 0 aromatic carbocycles. The zero-order valence-electron chi connectivity index (χ0n) is 11.4. The first kappa shape index (κ1) is 13.9. The van der Waals surface area contributed by atoms with Crippen molar-refractivity contribution < 1.29 is 14.0 Å². The van der Waals surface area contributed by atoms with Crippen LogP contribution in [0.5, 0.6) is 0 Å². The third-order valence-corrected chi connectivity index (χ3v) is 3.69. The number of nitrogens with zero attached hydrogens (tertiary/aromatic N) is 1. The second kappa shape index (κ2) is 6.58. The van der Waals surface area contributed by atoms with Crippen LogP contribution in [-0.4, -0.2) is 43.2 Å². The van der Waals surface area contributed by atoms with Crippen molar-refractivity contribution in [3.63, 3.8) is 0 Å². The van der Waals surface area contributed by atoms with Gasteiger partial charge in [0.25, 0.3) is 0 Å². The van der Waals surface area contributed by atoms with Crippen LogP contribution in [0.3, 0.4) is 0 Å². The van der Waals surface area contributed by atoms with E-state index >= 15 is 0 Å². The third kappa shape index (κ3) is 3.44. The Hall–Kier alpha value is -0.120. The van der Waals surface area contributed by atoms with Crippen LogP contribution in [0.2, 0.25) is 0 Å². The van der Waals surface area contributed by atoms with Gasteiger partial charge >= 0.3 is 0 Å². The monoisotopic (exact) mass is 230 g/mol. The van der Waals surface area contributed by atoms with E-state index in [9.17, 15) is 0 Å². The number of rotatable bonds is 7. The van der Waals surface area contributed by atoms with E-state index in [2.05, 4.69) is 13.8 Å². The Morgan fingerprint density at radius 2 is 1.75 bits per heavy atom. The lowest BCUT2D eigenvalue weighted by atomic mass is 10.3. The summed E-state index contributed by atoms with van der Waals surface area (Å²) >= 11 is 0. The number of likely N-dealkylation sites (tertiary alicyclic amines) is 1. The Balaban J connectivity index is 2.50. The normalized spacial score (nSPS) is 23.2. The van der Waals surface area contributed by atoms with Crippen molar-refractivity contribution in [3.8, 4) is 0 Å². The molecule has 0 aromatic heterocycles. The predicted molar refractivity (Wildman–Crippen MR) is 66.0 cm³/mol. The molecule has 0 aliphatic carbocycles. The van der Waals surface area contributed by atoms with Crippen molar-refractivity contribution in [2.75, 3.05) is 26.2 Å². The average molecular weight is 230 g/mol. The molecule has 0 spiro atoms. The Bertz CT molecular complexity index is 190. The predicted octanol–water partition coefficient (Wildman–Crippen LogP) is 2.75. The fourth-order valence-electron chi connectivity index (χ4n) is 2.86. The second-order valence-corrected chi connectivity index (χ2v) is 4.85. The Morgan fingerprint density at radius 1 is 1.12 bits per heavy atom. The first-order valence-electron chi connectivity index (χ1n) is 6.77. The molecule has 0 aromatic rings. The maximum atomic E-state index is 5.98. The van der Waals surface area contributed by atoms with Crippen molar-refractivity contribution >= 4 is 0 Å². The number of hydrogen-bond acceptors (Lipinski definition) is 2. The molecule has 2 unspecified atom stereocenters. The third-order valence-electron chi connectivity index (χ3n) is 3.69. The second-order valence-electron chi connectivity index (χ2n) is 4.85. The molecular weight excluding hydrogens is 202 g/mol. The molecule has 0 saturated carbocycles. The van der Waals surface area contributed by atoms with Gasteiger partial charge in [-0.05, 0) is 20.3 Å². The summed E-state index contributed by atoms with van der Waals surface area (Å²) in [6, 6.07) is 0. The molecule has 1 fully saturated rings. The van der Waals surface area contributed by atoms with Gasteiger partial charge in [-0.2, -0.15) is 0 Å². The van der Waals surface area contributed by atoms with Crippen molar-refractivity contribution in [1.82, 2.24) is 0 Å². The molecule has 96 valence electrons. The molecule has 3 heteroatoms. The Morgan fingerprint density at radius 3 is 2.25 bits per heavy atom. The maximum Gasteiger partial charge on any atom is 0.193 e. The zero-order chi connectivity index (χ0) is 12.0. The van der Waals surface area contributed by atoms with E-state index in [0.717, 1.165) is 11.1 Å². The number of hydrogen-bond donors (Lipinski definition) is 0. The largest absolute Gasteiger partial charge is 0.353 e. The van der Waals surface area contributed by atoms with Crippen molar-refractivity contribution in [1.29, 1.82) is 0 Å². The summed E-state index contributed by atoms with van der Waals surface area (Å²) < 4.78 is 12.6. The van der Waals surface area contributed by atoms with E-state index in [0.29, 0.717) is 0 Å². The van der Waals surface area contributed by atoms with E-state index in [-0.39, 0.29) is 12.5 Å². The van der Waals surface area contributed by atoms with E-state index in [1.807, 2.05) is 13.8 Å². The quantitative estimate of drug-likeness (QED) is 0.494. The van der Waals surface area contributed by atoms with E-state index < -0.39 is 0 Å². The van der Waals surface area contributed by atoms with Gasteiger partial charge in [-0.25, -0.2) is 0 Å². The van der Waals surface area contributed by atoms with Crippen LogP contribution in [0.1, 0.15) is 47.0 Å². The minimum absolute atomic E-state index is 0.0764. The average Bonchev–Trinajstić information content (AvgIpc) is 2.68. The highest BCUT2D eigenvalue weighted by Crippen LogP contribution is 2.25. The number of quaternary nitrogens is 1. The summed E-state index contributed by atoms with van der Waals surface area (Å²) in [5.74, 6) is 0. The Labute approximate surface area is 100 Å². The molecule has 1 aliphatic heterocycles. The molecule has 0 amide bonds. The summed E-state index contributed by atoms with van der Waals surface area (Å²) in [4.78, 5) is 0.